The fraction of sp³-hybridized carbons (Fsp3) is 0.368. The summed E-state index contributed by atoms with van der Waals surface area (Å²) in [7, 11) is 2.13. The molecule has 0 unspecified atom stereocenters. The summed E-state index contributed by atoms with van der Waals surface area (Å²) < 4.78 is 14.3. The van der Waals surface area contributed by atoms with E-state index in [9.17, 15) is 4.39 Å². The number of piperidine rings is 1. The van der Waals surface area contributed by atoms with E-state index >= 15 is 0 Å². The van der Waals surface area contributed by atoms with Crippen molar-refractivity contribution in [3.05, 3.63) is 70.5 Å². The van der Waals surface area contributed by atoms with Gasteiger partial charge in [0.1, 0.15) is 5.82 Å². The van der Waals surface area contributed by atoms with Gasteiger partial charge < -0.3 is 4.90 Å². The van der Waals surface area contributed by atoms with Gasteiger partial charge in [0.2, 0.25) is 0 Å². The van der Waals surface area contributed by atoms with Crippen LogP contribution in [0.1, 0.15) is 24.0 Å². The Balaban J connectivity index is 1.84. The summed E-state index contributed by atoms with van der Waals surface area (Å²) in [5.74, 6) is 0.788. The van der Waals surface area contributed by atoms with Crippen LogP contribution in [0, 0.1) is 5.82 Å². The van der Waals surface area contributed by atoms with Crippen molar-refractivity contribution in [1.29, 1.82) is 0 Å². The number of benzene rings is 2. The number of thioether (sulfide) groups is 1. The molecular weight excluding hydrogens is 329 g/mol. The lowest BCUT2D eigenvalue weighted by atomic mass is 9.88. The predicted octanol–water partition coefficient (Wildman–Crippen LogP) is 5.33. The van der Waals surface area contributed by atoms with E-state index in [-0.39, 0.29) is 10.6 Å². The molecule has 1 saturated heterocycles. The highest BCUT2D eigenvalue weighted by atomic mass is 35.5. The fourth-order valence-corrected chi connectivity index (χ4v) is 4.66. The highest BCUT2D eigenvalue weighted by Gasteiger charge is 2.37. The summed E-state index contributed by atoms with van der Waals surface area (Å²) in [6, 6.07) is 15.2. The first-order valence-corrected chi connectivity index (χ1v) is 9.27. The van der Waals surface area contributed by atoms with Crippen molar-refractivity contribution in [2.24, 2.45) is 0 Å². The lowest BCUT2D eigenvalue weighted by molar-refractivity contribution is 0.237. The fourth-order valence-electron chi connectivity index (χ4n) is 3.10. The summed E-state index contributed by atoms with van der Waals surface area (Å²) in [5, 5.41) is 0.752. The van der Waals surface area contributed by atoms with Crippen molar-refractivity contribution in [1.82, 2.24) is 4.90 Å². The van der Waals surface area contributed by atoms with Crippen molar-refractivity contribution >= 4 is 23.4 Å². The van der Waals surface area contributed by atoms with Gasteiger partial charge in [0.05, 0.1) is 0 Å². The van der Waals surface area contributed by atoms with E-state index in [1.807, 2.05) is 36.0 Å². The molecule has 23 heavy (non-hydrogen) atoms. The lowest BCUT2D eigenvalue weighted by Gasteiger charge is -2.41. The molecule has 0 spiro atoms. The van der Waals surface area contributed by atoms with E-state index in [1.165, 1.54) is 5.56 Å². The third-order valence-electron chi connectivity index (χ3n) is 4.59. The molecule has 4 heteroatoms. The average molecular weight is 350 g/mol. The summed E-state index contributed by atoms with van der Waals surface area (Å²) in [5.41, 5.74) is 2.08. The van der Waals surface area contributed by atoms with Gasteiger partial charge in [-0.05, 0) is 56.7 Å². The first kappa shape index (κ1) is 16.8. The van der Waals surface area contributed by atoms with Gasteiger partial charge in [-0.25, -0.2) is 4.39 Å². The monoisotopic (exact) mass is 349 g/mol. The number of likely N-dealkylation sites (tertiary alicyclic amines) is 1. The minimum Gasteiger partial charge on any atom is -0.306 e. The van der Waals surface area contributed by atoms with E-state index in [0.29, 0.717) is 0 Å². The largest absolute Gasteiger partial charge is 0.306 e. The van der Waals surface area contributed by atoms with Gasteiger partial charge in [0.15, 0.2) is 0 Å². The van der Waals surface area contributed by atoms with Gasteiger partial charge in [0, 0.05) is 21.1 Å². The molecule has 0 aliphatic carbocycles. The second kappa shape index (κ2) is 7.25. The van der Waals surface area contributed by atoms with E-state index in [4.69, 9.17) is 11.6 Å². The quantitative estimate of drug-likeness (QED) is 0.733. The molecule has 2 aromatic rings. The molecule has 2 aromatic carbocycles. The molecule has 1 aliphatic rings. The summed E-state index contributed by atoms with van der Waals surface area (Å²) in [6.45, 7) is 2.00. The Morgan fingerprint density at radius 2 is 1.74 bits per heavy atom. The topological polar surface area (TPSA) is 3.24 Å². The van der Waals surface area contributed by atoms with E-state index in [0.717, 1.165) is 42.3 Å². The molecule has 1 heterocycles. The summed E-state index contributed by atoms with van der Waals surface area (Å²) in [6.07, 6.45) is 1.95. The van der Waals surface area contributed by atoms with Crippen molar-refractivity contribution < 1.29 is 4.39 Å². The molecule has 122 valence electrons. The smallest absolute Gasteiger partial charge is 0.127 e. The Labute approximate surface area is 146 Å². The zero-order chi connectivity index (χ0) is 16.3. The molecule has 3 rings (SSSR count). The molecule has 0 N–H and O–H groups in total. The maximum absolute atomic E-state index is 14.5. The molecule has 0 radical (unpaired) electrons. The highest BCUT2D eigenvalue weighted by Crippen LogP contribution is 2.47. The first-order valence-electron chi connectivity index (χ1n) is 7.91. The minimum atomic E-state index is -0.141. The number of halogens is 2. The van der Waals surface area contributed by atoms with Crippen molar-refractivity contribution in [3.63, 3.8) is 0 Å². The lowest BCUT2D eigenvalue weighted by Crippen LogP contribution is -2.39. The molecule has 1 nitrogen and oxygen atoms in total. The van der Waals surface area contributed by atoms with E-state index in [2.05, 4.69) is 24.1 Å². The predicted molar refractivity (Wildman–Crippen MR) is 97.6 cm³/mol. The van der Waals surface area contributed by atoms with Gasteiger partial charge in [-0.2, -0.15) is 0 Å². The van der Waals surface area contributed by atoms with Gasteiger partial charge in [-0.1, -0.05) is 41.9 Å². The first-order chi connectivity index (χ1) is 11.1. The molecule has 0 saturated carbocycles. The molecule has 1 aliphatic heterocycles. The second-order valence-electron chi connectivity index (χ2n) is 6.19. The number of nitrogens with zero attached hydrogens (tertiary/aromatic N) is 1. The van der Waals surface area contributed by atoms with Crippen LogP contribution in [-0.4, -0.2) is 25.0 Å². The highest BCUT2D eigenvalue weighted by molar-refractivity contribution is 7.99. The van der Waals surface area contributed by atoms with Crippen LogP contribution in [0.3, 0.4) is 0 Å². The zero-order valence-electron chi connectivity index (χ0n) is 13.3. The third kappa shape index (κ3) is 3.90. The van der Waals surface area contributed by atoms with Gasteiger partial charge in [-0.15, -0.1) is 11.8 Å². The Morgan fingerprint density at radius 3 is 2.39 bits per heavy atom. The third-order valence-corrected chi connectivity index (χ3v) is 6.50. The molecule has 0 amide bonds. The Hall–Kier alpha value is -1.03. The molecule has 0 bridgehead atoms. The Bertz CT molecular complexity index is 651. The van der Waals surface area contributed by atoms with Crippen LogP contribution >= 0.6 is 23.4 Å². The van der Waals surface area contributed by atoms with E-state index < -0.39 is 0 Å². The van der Waals surface area contributed by atoms with Gasteiger partial charge >= 0.3 is 0 Å². The van der Waals surface area contributed by atoms with Crippen LogP contribution in [0.15, 0.2) is 48.5 Å². The number of hydrogen-bond donors (Lipinski definition) is 0. The second-order valence-corrected chi connectivity index (χ2v) is 7.99. The number of rotatable bonds is 4. The molecular formula is C19H21ClFNS. The van der Waals surface area contributed by atoms with Crippen LogP contribution in [0.4, 0.5) is 4.39 Å². The SMILES string of the molecule is CN1CCC(SCc2ccc(Cl)cc2)(c2ccccc2F)CC1. The van der Waals surface area contributed by atoms with Gasteiger partial charge in [-0.3, -0.25) is 0 Å². The van der Waals surface area contributed by atoms with E-state index in [1.54, 1.807) is 12.1 Å². The van der Waals surface area contributed by atoms with Crippen LogP contribution in [0.25, 0.3) is 0 Å². The number of hydrogen-bond acceptors (Lipinski definition) is 2. The Kier molecular flexibility index (Phi) is 5.30. The normalized spacial score (nSPS) is 18.0. The molecule has 0 aromatic heterocycles. The maximum Gasteiger partial charge on any atom is 0.127 e. The van der Waals surface area contributed by atoms with Crippen LogP contribution in [-0.2, 0) is 10.5 Å². The van der Waals surface area contributed by atoms with Crippen molar-refractivity contribution in [2.75, 3.05) is 20.1 Å². The average Bonchev–Trinajstić information content (AvgIpc) is 2.57. The summed E-state index contributed by atoms with van der Waals surface area (Å²) >= 11 is 7.82. The summed E-state index contributed by atoms with van der Waals surface area (Å²) in [4.78, 5) is 2.32. The van der Waals surface area contributed by atoms with Gasteiger partial charge in [0.25, 0.3) is 0 Å². The zero-order valence-corrected chi connectivity index (χ0v) is 14.8. The maximum atomic E-state index is 14.5. The minimum absolute atomic E-state index is 0.0827. The Morgan fingerprint density at radius 1 is 1.09 bits per heavy atom. The standard InChI is InChI=1S/C19H21ClFNS/c1-22-12-10-19(11-13-22,17-4-2-3-5-18(17)21)23-14-15-6-8-16(20)9-7-15/h2-9H,10-14H2,1H3. The van der Waals surface area contributed by atoms with Crippen LogP contribution < -0.4 is 0 Å². The van der Waals surface area contributed by atoms with Crippen LogP contribution in [0.2, 0.25) is 5.02 Å². The molecule has 0 atom stereocenters. The van der Waals surface area contributed by atoms with Crippen LogP contribution in [0.5, 0.6) is 0 Å². The molecule has 1 fully saturated rings. The van der Waals surface area contributed by atoms with Crippen molar-refractivity contribution in [3.8, 4) is 0 Å². The van der Waals surface area contributed by atoms with Crippen molar-refractivity contribution in [2.45, 2.75) is 23.3 Å².